The number of nitrogens with zero attached hydrogens (tertiary/aromatic N) is 2. The fraction of sp³-hybridized carbons (Fsp3) is 0.158. The number of para-hydroxylation sites is 1. The number of nitrogens with one attached hydrogen (secondary N) is 1. The van der Waals surface area contributed by atoms with Gasteiger partial charge in [-0.3, -0.25) is 4.79 Å². The number of alkyl halides is 3. The van der Waals surface area contributed by atoms with E-state index in [9.17, 15) is 26.4 Å². The van der Waals surface area contributed by atoms with E-state index in [4.69, 9.17) is 0 Å². The highest BCUT2D eigenvalue weighted by atomic mass is 32.2. The van der Waals surface area contributed by atoms with E-state index < -0.39 is 33.4 Å². The molecule has 0 aliphatic rings. The maximum absolute atomic E-state index is 13.8. The topological polar surface area (TPSA) is 81.1 Å². The van der Waals surface area contributed by atoms with Crippen LogP contribution in [0.25, 0.3) is 5.69 Å². The van der Waals surface area contributed by atoms with Crippen molar-refractivity contribution in [2.45, 2.75) is 24.9 Å². The largest absolute Gasteiger partial charge is 0.434 e. The number of amides is 1. The summed E-state index contributed by atoms with van der Waals surface area (Å²) in [4.78, 5) is 12.2. The van der Waals surface area contributed by atoms with Gasteiger partial charge in [-0.05, 0) is 37.1 Å². The second-order valence-corrected chi connectivity index (χ2v) is 7.99. The summed E-state index contributed by atoms with van der Waals surface area (Å²) in [5.74, 6) is -1.42. The quantitative estimate of drug-likeness (QED) is 0.695. The van der Waals surface area contributed by atoms with E-state index in [0.29, 0.717) is 22.0 Å². The standard InChI is InChI=1S/C19H16F3N3O3S/c1-12-7-6-8-13(2)16(12)25-17(19(20,21)22)15(11-23-25)18(26)24-29(27,28)14-9-4-3-5-10-14/h3-11H,1-2H3,(H,24,26). The molecule has 29 heavy (non-hydrogen) atoms. The lowest BCUT2D eigenvalue weighted by molar-refractivity contribution is -0.143. The second-order valence-electron chi connectivity index (χ2n) is 6.30. The van der Waals surface area contributed by atoms with E-state index in [0.717, 1.165) is 0 Å². The van der Waals surface area contributed by atoms with E-state index in [1.807, 2.05) is 0 Å². The zero-order chi connectivity index (χ0) is 21.4. The van der Waals surface area contributed by atoms with Crippen LogP contribution < -0.4 is 4.72 Å². The first-order valence-corrected chi connectivity index (χ1v) is 9.84. The zero-order valence-electron chi connectivity index (χ0n) is 15.4. The van der Waals surface area contributed by atoms with Crippen molar-refractivity contribution < 1.29 is 26.4 Å². The van der Waals surface area contributed by atoms with Crippen molar-refractivity contribution in [3.63, 3.8) is 0 Å². The van der Waals surface area contributed by atoms with E-state index in [-0.39, 0.29) is 10.6 Å². The number of hydrogen-bond donors (Lipinski definition) is 1. The van der Waals surface area contributed by atoms with Gasteiger partial charge < -0.3 is 0 Å². The van der Waals surface area contributed by atoms with Gasteiger partial charge in [0.2, 0.25) is 0 Å². The van der Waals surface area contributed by atoms with Crippen LogP contribution >= 0.6 is 0 Å². The summed E-state index contributed by atoms with van der Waals surface area (Å²) in [6, 6.07) is 11.8. The number of benzene rings is 2. The molecule has 0 spiro atoms. The third-order valence-corrected chi connectivity index (χ3v) is 5.56. The summed E-state index contributed by atoms with van der Waals surface area (Å²) in [7, 11) is -4.35. The molecule has 0 saturated heterocycles. The summed E-state index contributed by atoms with van der Waals surface area (Å²) in [6.07, 6.45) is -4.24. The summed E-state index contributed by atoms with van der Waals surface area (Å²) in [6.45, 7) is 3.23. The van der Waals surface area contributed by atoms with Gasteiger partial charge in [-0.1, -0.05) is 36.4 Å². The first-order chi connectivity index (χ1) is 13.5. The molecule has 6 nitrogen and oxygen atoms in total. The minimum absolute atomic E-state index is 0.171. The Morgan fingerprint density at radius 3 is 2.14 bits per heavy atom. The van der Waals surface area contributed by atoms with Crippen molar-refractivity contribution in [2.24, 2.45) is 0 Å². The Bertz CT molecular complexity index is 1150. The van der Waals surface area contributed by atoms with Crippen molar-refractivity contribution in [1.82, 2.24) is 14.5 Å². The lowest BCUT2D eigenvalue weighted by Crippen LogP contribution is -2.32. The lowest BCUT2D eigenvalue weighted by atomic mass is 10.1. The van der Waals surface area contributed by atoms with Crippen molar-refractivity contribution >= 4 is 15.9 Å². The van der Waals surface area contributed by atoms with Crippen LogP contribution in [0, 0.1) is 13.8 Å². The molecule has 0 aliphatic heterocycles. The fourth-order valence-electron chi connectivity index (χ4n) is 2.93. The van der Waals surface area contributed by atoms with Crippen LogP contribution in [0.2, 0.25) is 0 Å². The Hall–Kier alpha value is -3.14. The third kappa shape index (κ3) is 4.02. The van der Waals surface area contributed by atoms with Crippen LogP contribution in [0.1, 0.15) is 27.2 Å². The molecule has 3 rings (SSSR count). The highest BCUT2D eigenvalue weighted by Gasteiger charge is 2.41. The summed E-state index contributed by atoms with van der Waals surface area (Å²) < 4.78 is 68.4. The molecule has 1 amide bonds. The number of rotatable bonds is 4. The molecule has 2 aromatic carbocycles. The molecule has 0 fully saturated rings. The predicted molar refractivity (Wildman–Crippen MR) is 99.1 cm³/mol. The maximum Gasteiger partial charge on any atom is 0.434 e. The third-order valence-electron chi connectivity index (χ3n) is 4.21. The molecule has 1 N–H and O–H groups in total. The van der Waals surface area contributed by atoms with E-state index in [2.05, 4.69) is 5.10 Å². The van der Waals surface area contributed by atoms with Crippen LogP contribution in [-0.2, 0) is 16.2 Å². The second kappa shape index (κ2) is 7.36. The first-order valence-electron chi connectivity index (χ1n) is 8.36. The minimum atomic E-state index is -4.95. The molecule has 0 bridgehead atoms. The van der Waals surface area contributed by atoms with Crippen LogP contribution in [0.4, 0.5) is 13.2 Å². The van der Waals surface area contributed by atoms with Gasteiger partial charge in [0, 0.05) is 0 Å². The predicted octanol–water partition coefficient (Wildman–Crippen LogP) is 3.63. The van der Waals surface area contributed by atoms with Crippen molar-refractivity contribution in [1.29, 1.82) is 0 Å². The highest BCUT2D eigenvalue weighted by Crippen LogP contribution is 2.35. The Morgan fingerprint density at radius 1 is 1.00 bits per heavy atom. The summed E-state index contributed by atoms with van der Waals surface area (Å²) in [5.41, 5.74) is -1.04. The number of sulfonamides is 1. The Labute approximate surface area is 165 Å². The summed E-state index contributed by atoms with van der Waals surface area (Å²) in [5, 5.41) is 3.74. The Kier molecular flexibility index (Phi) is 5.22. The molecule has 0 aliphatic carbocycles. The van der Waals surface area contributed by atoms with E-state index in [1.165, 1.54) is 24.3 Å². The monoisotopic (exact) mass is 423 g/mol. The Balaban J connectivity index is 2.09. The molecule has 1 heterocycles. The zero-order valence-corrected chi connectivity index (χ0v) is 16.2. The molecule has 3 aromatic rings. The van der Waals surface area contributed by atoms with Crippen molar-refractivity contribution in [3.8, 4) is 5.69 Å². The smallest absolute Gasteiger partial charge is 0.268 e. The first kappa shape index (κ1) is 20.6. The number of hydrogen-bond acceptors (Lipinski definition) is 4. The normalized spacial score (nSPS) is 12.0. The molecule has 0 saturated carbocycles. The van der Waals surface area contributed by atoms with Crippen LogP contribution in [0.3, 0.4) is 0 Å². The number of carbonyl (C=O) groups is 1. The lowest BCUT2D eigenvalue weighted by Gasteiger charge is -2.16. The molecule has 10 heteroatoms. The van der Waals surface area contributed by atoms with Gasteiger partial charge >= 0.3 is 6.18 Å². The number of halogens is 3. The highest BCUT2D eigenvalue weighted by molar-refractivity contribution is 7.90. The average Bonchev–Trinajstić information content (AvgIpc) is 3.07. The molecule has 0 atom stereocenters. The molecule has 0 radical (unpaired) electrons. The van der Waals surface area contributed by atoms with Crippen molar-refractivity contribution in [2.75, 3.05) is 0 Å². The van der Waals surface area contributed by atoms with Gasteiger partial charge in [-0.2, -0.15) is 18.3 Å². The van der Waals surface area contributed by atoms with E-state index in [1.54, 1.807) is 42.8 Å². The number of aromatic nitrogens is 2. The van der Waals surface area contributed by atoms with Gasteiger partial charge in [0.15, 0.2) is 5.69 Å². The molecule has 1 aromatic heterocycles. The fourth-order valence-corrected chi connectivity index (χ4v) is 3.92. The van der Waals surface area contributed by atoms with Gasteiger partial charge in [-0.15, -0.1) is 0 Å². The van der Waals surface area contributed by atoms with Crippen molar-refractivity contribution in [3.05, 3.63) is 77.1 Å². The number of carbonyl (C=O) groups excluding carboxylic acids is 1. The Morgan fingerprint density at radius 2 is 1.59 bits per heavy atom. The van der Waals surface area contributed by atoms with Gasteiger partial charge in [0.1, 0.15) is 0 Å². The summed E-state index contributed by atoms with van der Waals surface area (Å²) >= 11 is 0. The van der Waals surface area contributed by atoms with Gasteiger partial charge in [-0.25, -0.2) is 17.8 Å². The SMILES string of the molecule is Cc1cccc(C)c1-n1ncc(C(=O)NS(=O)(=O)c2ccccc2)c1C(F)(F)F. The van der Waals surface area contributed by atoms with Crippen LogP contribution in [0.5, 0.6) is 0 Å². The van der Waals surface area contributed by atoms with Gasteiger partial charge in [0.05, 0.1) is 22.3 Å². The molecular weight excluding hydrogens is 407 g/mol. The maximum atomic E-state index is 13.8. The van der Waals surface area contributed by atoms with Crippen LogP contribution in [-0.4, -0.2) is 24.1 Å². The van der Waals surface area contributed by atoms with Crippen LogP contribution in [0.15, 0.2) is 59.6 Å². The number of aryl methyl sites for hydroxylation is 2. The van der Waals surface area contributed by atoms with E-state index >= 15 is 0 Å². The molecule has 0 unspecified atom stereocenters. The minimum Gasteiger partial charge on any atom is -0.268 e. The van der Waals surface area contributed by atoms with Gasteiger partial charge in [0.25, 0.3) is 15.9 Å². The molecule has 152 valence electrons. The molecular formula is C19H16F3N3O3S. The average molecular weight is 423 g/mol.